The molecule has 0 unspecified atom stereocenters. The summed E-state index contributed by atoms with van der Waals surface area (Å²) in [5.74, 6) is 0.352. The zero-order valence-electron chi connectivity index (χ0n) is 12.7. The third-order valence-corrected chi connectivity index (χ3v) is 3.55. The quantitative estimate of drug-likeness (QED) is 0.386. The Kier molecular flexibility index (Phi) is 7.10. The normalized spacial score (nSPS) is 12.7. The number of aliphatic imine (C=N–C) groups is 1. The maximum absolute atomic E-state index is 11.3. The summed E-state index contributed by atoms with van der Waals surface area (Å²) in [7, 11) is -3.68. The van der Waals surface area contributed by atoms with E-state index >= 15 is 0 Å². The van der Waals surface area contributed by atoms with Gasteiger partial charge in [0.15, 0.2) is 5.96 Å². The lowest BCUT2D eigenvalue weighted by Gasteiger charge is -2.21. The number of halogens is 1. The highest BCUT2D eigenvalue weighted by Crippen LogP contribution is 2.15. The van der Waals surface area contributed by atoms with E-state index in [2.05, 4.69) is 10.3 Å². The smallest absolute Gasteiger partial charge is 0.238 e. The van der Waals surface area contributed by atoms with E-state index in [9.17, 15) is 8.42 Å². The summed E-state index contributed by atoms with van der Waals surface area (Å²) in [6.07, 6.45) is 0. The zero-order chi connectivity index (χ0) is 15.6. The van der Waals surface area contributed by atoms with Crippen molar-refractivity contribution in [2.45, 2.75) is 44.7 Å². The molecule has 0 heterocycles. The SMILES string of the molecule is Cc1cc(CN=C(N)NC(C)(C)C)ccc1S(N)(=O)=O.I. The highest BCUT2D eigenvalue weighted by atomic mass is 127. The fraction of sp³-hybridized carbons (Fsp3) is 0.462. The first-order valence-electron chi connectivity index (χ1n) is 6.19. The number of rotatable bonds is 3. The summed E-state index contributed by atoms with van der Waals surface area (Å²) >= 11 is 0. The first-order chi connectivity index (χ1) is 8.99. The van der Waals surface area contributed by atoms with Gasteiger partial charge < -0.3 is 11.1 Å². The number of hydrogen-bond donors (Lipinski definition) is 3. The van der Waals surface area contributed by atoms with Crippen molar-refractivity contribution >= 4 is 40.0 Å². The molecule has 5 N–H and O–H groups in total. The van der Waals surface area contributed by atoms with E-state index in [1.54, 1.807) is 19.1 Å². The van der Waals surface area contributed by atoms with Crippen molar-refractivity contribution in [1.29, 1.82) is 0 Å². The molecule has 0 saturated carbocycles. The van der Waals surface area contributed by atoms with E-state index in [0.29, 0.717) is 18.1 Å². The fourth-order valence-corrected chi connectivity index (χ4v) is 2.49. The molecule has 6 nitrogen and oxygen atoms in total. The molecule has 0 aliphatic heterocycles. The maximum atomic E-state index is 11.3. The summed E-state index contributed by atoms with van der Waals surface area (Å²) in [4.78, 5) is 4.35. The van der Waals surface area contributed by atoms with E-state index < -0.39 is 10.0 Å². The minimum Gasteiger partial charge on any atom is -0.370 e. The van der Waals surface area contributed by atoms with Gasteiger partial charge in [0.1, 0.15) is 0 Å². The van der Waals surface area contributed by atoms with Crippen LogP contribution in [0.5, 0.6) is 0 Å². The Hall–Kier alpha value is -0.870. The number of nitrogens with zero attached hydrogens (tertiary/aromatic N) is 1. The van der Waals surface area contributed by atoms with Gasteiger partial charge >= 0.3 is 0 Å². The lowest BCUT2D eigenvalue weighted by Crippen LogP contribution is -2.44. The molecule has 8 heteroatoms. The molecule has 1 aromatic rings. The second-order valence-corrected chi connectivity index (χ2v) is 7.25. The lowest BCUT2D eigenvalue weighted by atomic mass is 10.1. The molecule has 0 radical (unpaired) electrons. The van der Waals surface area contributed by atoms with Gasteiger partial charge in [-0.15, -0.1) is 24.0 Å². The van der Waals surface area contributed by atoms with Crippen LogP contribution in [0.1, 0.15) is 31.9 Å². The summed E-state index contributed by atoms with van der Waals surface area (Å²) in [5, 5.41) is 8.17. The highest BCUT2D eigenvalue weighted by Gasteiger charge is 2.12. The van der Waals surface area contributed by atoms with E-state index in [1.807, 2.05) is 20.8 Å². The Labute approximate surface area is 143 Å². The molecule has 0 aliphatic rings. The molecule has 120 valence electrons. The van der Waals surface area contributed by atoms with Crippen molar-refractivity contribution in [3.8, 4) is 0 Å². The standard InChI is InChI=1S/C13H22N4O2S.HI/c1-9-7-10(5-6-11(9)20(15,18)19)8-16-12(14)17-13(2,3)4;/h5-7H,8H2,1-4H3,(H3,14,16,17)(H2,15,18,19);1H. The van der Waals surface area contributed by atoms with E-state index in [0.717, 1.165) is 5.56 Å². The predicted molar refractivity (Wildman–Crippen MR) is 96.2 cm³/mol. The molecule has 1 rings (SSSR count). The molecular weight excluding hydrogens is 403 g/mol. The van der Waals surface area contributed by atoms with Gasteiger partial charge in [0.05, 0.1) is 11.4 Å². The first-order valence-corrected chi connectivity index (χ1v) is 7.74. The van der Waals surface area contributed by atoms with Crippen molar-refractivity contribution < 1.29 is 8.42 Å². The van der Waals surface area contributed by atoms with Gasteiger partial charge in [-0.3, -0.25) is 0 Å². The van der Waals surface area contributed by atoms with Crippen LogP contribution >= 0.6 is 24.0 Å². The third kappa shape index (κ3) is 7.09. The van der Waals surface area contributed by atoms with Gasteiger partial charge in [-0.2, -0.15) is 0 Å². The fourth-order valence-electron chi connectivity index (χ4n) is 1.73. The number of nitrogens with one attached hydrogen (secondary N) is 1. The average Bonchev–Trinajstić information content (AvgIpc) is 2.22. The van der Waals surface area contributed by atoms with Crippen molar-refractivity contribution in [1.82, 2.24) is 5.32 Å². The summed E-state index contributed by atoms with van der Waals surface area (Å²) in [5.41, 5.74) is 7.08. The van der Waals surface area contributed by atoms with Crippen LogP contribution in [0, 0.1) is 6.92 Å². The topological polar surface area (TPSA) is 111 Å². The predicted octanol–water partition coefficient (Wildman–Crippen LogP) is 1.46. The van der Waals surface area contributed by atoms with E-state index in [4.69, 9.17) is 10.9 Å². The van der Waals surface area contributed by atoms with Gasteiger partial charge in [-0.1, -0.05) is 12.1 Å². The molecule has 0 atom stereocenters. The minimum absolute atomic E-state index is 0. The number of hydrogen-bond acceptors (Lipinski definition) is 3. The molecule has 21 heavy (non-hydrogen) atoms. The van der Waals surface area contributed by atoms with Gasteiger partial charge in [-0.05, 0) is 44.9 Å². The lowest BCUT2D eigenvalue weighted by molar-refractivity contribution is 0.508. The van der Waals surface area contributed by atoms with Gasteiger partial charge in [0.25, 0.3) is 0 Å². The van der Waals surface area contributed by atoms with Crippen LogP contribution < -0.4 is 16.2 Å². The number of guanidine groups is 1. The first kappa shape index (κ1) is 20.1. The average molecular weight is 426 g/mol. The third-order valence-electron chi connectivity index (χ3n) is 2.48. The van der Waals surface area contributed by atoms with Crippen molar-refractivity contribution in [2.75, 3.05) is 0 Å². The van der Waals surface area contributed by atoms with Crippen LogP contribution in [0.25, 0.3) is 0 Å². The van der Waals surface area contributed by atoms with Crippen LogP contribution in [0.2, 0.25) is 0 Å². The van der Waals surface area contributed by atoms with Gasteiger partial charge in [-0.25, -0.2) is 18.5 Å². The maximum Gasteiger partial charge on any atom is 0.238 e. The van der Waals surface area contributed by atoms with Crippen molar-refractivity contribution in [2.24, 2.45) is 15.9 Å². The van der Waals surface area contributed by atoms with Crippen LogP contribution in [0.15, 0.2) is 28.1 Å². The second kappa shape index (κ2) is 7.41. The molecule has 0 aromatic heterocycles. The number of sulfonamides is 1. The number of nitrogens with two attached hydrogens (primary N) is 2. The van der Waals surface area contributed by atoms with Crippen LogP contribution in [-0.2, 0) is 16.6 Å². The molecule has 0 aliphatic carbocycles. The zero-order valence-corrected chi connectivity index (χ0v) is 15.8. The Bertz CT molecular complexity index is 622. The molecule has 0 spiro atoms. The number of primary sulfonamides is 1. The monoisotopic (exact) mass is 426 g/mol. The van der Waals surface area contributed by atoms with Crippen LogP contribution in [0.4, 0.5) is 0 Å². The largest absolute Gasteiger partial charge is 0.370 e. The van der Waals surface area contributed by atoms with Crippen molar-refractivity contribution in [3.63, 3.8) is 0 Å². The molecule has 1 aromatic carbocycles. The van der Waals surface area contributed by atoms with Crippen LogP contribution in [0.3, 0.4) is 0 Å². The summed E-state index contributed by atoms with van der Waals surface area (Å²) in [6.45, 7) is 8.03. The molecule has 0 amide bonds. The molecule has 0 fully saturated rings. The number of aryl methyl sites for hydroxylation is 1. The molecular formula is C13H23IN4O2S. The summed E-state index contributed by atoms with van der Waals surface area (Å²) in [6, 6.07) is 4.91. The summed E-state index contributed by atoms with van der Waals surface area (Å²) < 4.78 is 22.6. The molecule has 0 saturated heterocycles. The Morgan fingerprint density at radius 3 is 2.33 bits per heavy atom. The highest BCUT2D eigenvalue weighted by molar-refractivity contribution is 14.0. The second-order valence-electron chi connectivity index (χ2n) is 5.72. The van der Waals surface area contributed by atoms with E-state index in [1.165, 1.54) is 6.07 Å². The van der Waals surface area contributed by atoms with Crippen molar-refractivity contribution in [3.05, 3.63) is 29.3 Å². The molecule has 0 bridgehead atoms. The Balaban J connectivity index is 0.00000400. The number of benzene rings is 1. The van der Waals surface area contributed by atoms with Gasteiger partial charge in [0.2, 0.25) is 10.0 Å². The van der Waals surface area contributed by atoms with E-state index in [-0.39, 0.29) is 34.4 Å². The minimum atomic E-state index is -3.68. The Morgan fingerprint density at radius 2 is 1.90 bits per heavy atom. The Morgan fingerprint density at radius 1 is 1.33 bits per heavy atom. The van der Waals surface area contributed by atoms with Crippen LogP contribution in [-0.4, -0.2) is 19.9 Å². The van der Waals surface area contributed by atoms with Gasteiger partial charge in [0, 0.05) is 5.54 Å².